The molecule has 1 aromatic heterocycles. The van der Waals surface area contributed by atoms with Gasteiger partial charge in [0, 0.05) is 0 Å². The number of guanidine groups is 1. The van der Waals surface area contributed by atoms with Crippen molar-refractivity contribution in [2.75, 3.05) is 17.9 Å². The number of carbonyl (C=O) groups excluding carboxylic acids is 1. The van der Waals surface area contributed by atoms with Gasteiger partial charge < -0.3 is 21.3 Å². The van der Waals surface area contributed by atoms with Crippen LogP contribution in [0.4, 0.5) is 9.39 Å². The lowest BCUT2D eigenvalue weighted by Crippen LogP contribution is -2.23. The molecular formula is C15H16FN5O6S2. The fourth-order valence-corrected chi connectivity index (χ4v) is 4.03. The maximum atomic E-state index is 14.3. The number of sulfonamides is 1. The maximum absolute atomic E-state index is 14.3. The molecule has 0 bridgehead atoms. The van der Waals surface area contributed by atoms with E-state index in [4.69, 9.17) is 21.3 Å². The molecule has 1 aromatic carbocycles. The lowest BCUT2D eigenvalue weighted by atomic mass is 10.1. The molecule has 0 unspecified atom stereocenters. The number of hydrogen-bond donors (Lipinski definition) is 4. The van der Waals surface area contributed by atoms with Gasteiger partial charge in [0.25, 0.3) is 10.0 Å². The monoisotopic (exact) mass is 445 g/mol. The Bertz CT molecular complexity index is 1050. The van der Waals surface area contributed by atoms with Crippen molar-refractivity contribution in [3.05, 3.63) is 40.8 Å². The SMILES string of the molecule is NC(N)=NCCOC(=O)Cc1ccc(S(=O)(=O)Nc2scnc2C(=O)O)cc1F. The van der Waals surface area contributed by atoms with Gasteiger partial charge in [-0.2, -0.15) is 0 Å². The van der Waals surface area contributed by atoms with Gasteiger partial charge in [0.15, 0.2) is 11.7 Å². The number of nitrogens with two attached hydrogens (primary N) is 2. The predicted molar refractivity (Wildman–Crippen MR) is 102 cm³/mol. The van der Waals surface area contributed by atoms with Gasteiger partial charge in [0.1, 0.15) is 17.4 Å². The quantitative estimate of drug-likeness (QED) is 0.180. The molecule has 6 N–H and O–H groups in total. The van der Waals surface area contributed by atoms with Crippen molar-refractivity contribution >= 4 is 44.3 Å². The number of esters is 1. The lowest BCUT2D eigenvalue weighted by Gasteiger charge is -2.09. The normalized spacial score (nSPS) is 10.9. The third-order valence-electron chi connectivity index (χ3n) is 3.32. The molecule has 0 atom stereocenters. The molecule has 0 aliphatic heterocycles. The number of halogens is 1. The van der Waals surface area contributed by atoms with Gasteiger partial charge in [-0.25, -0.2) is 22.6 Å². The minimum absolute atomic E-state index is 0.0509. The number of rotatable bonds is 9. The van der Waals surface area contributed by atoms with Gasteiger partial charge in [0.2, 0.25) is 0 Å². The number of thiazole rings is 1. The molecule has 2 aromatic rings. The first kappa shape index (κ1) is 22.0. The van der Waals surface area contributed by atoms with Crippen molar-refractivity contribution < 1.29 is 32.2 Å². The number of carboxylic acids is 1. The standard InChI is InChI=1S/C15H16FN5O6S2/c16-10-6-9(29(25,26)21-13-12(14(23)24)20-7-28-13)2-1-8(10)5-11(22)27-4-3-19-15(17)18/h1-2,6-7,21H,3-5H2,(H,23,24)(H4,17,18,19). The highest BCUT2D eigenvalue weighted by Gasteiger charge is 2.22. The third kappa shape index (κ3) is 6.11. The first-order valence-corrected chi connectivity index (χ1v) is 10.2. The maximum Gasteiger partial charge on any atom is 0.357 e. The Balaban J connectivity index is 2.08. The van der Waals surface area contributed by atoms with Gasteiger partial charge >= 0.3 is 11.9 Å². The number of nitrogens with zero attached hydrogens (tertiary/aromatic N) is 2. The molecule has 14 heteroatoms. The molecule has 1 heterocycles. The average molecular weight is 445 g/mol. The van der Waals surface area contributed by atoms with E-state index in [2.05, 4.69) is 14.7 Å². The summed E-state index contributed by atoms with van der Waals surface area (Å²) in [6.07, 6.45) is -0.431. The van der Waals surface area contributed by atoms with Gasteiger partial charge in [-0.05, 0) is 17.7 Å². The molecular weight excluding hydrogens is 429 g/mol. The van der Waals surface area contributed by atoms with Crippen molar-refractivity contribution in [3.8, 4) is 0 Å². The highest BCUT2D eigenvalue weighted by molar-refractivity contribution is 7.93. The summed E-state index contributed by atoms with van der Waals surface area (Å²) in [7, 11) is -4.27. The predicted octanol–water partition coefficient (Wildman–Crippen LogP) is 0.140. The summed E-state index contributed by atoms with van der Waals surface area (Å²) in [5.74, 6) is -3.27. The van der Waals surface area contributed by atoms with Crippen LogP contribution in [0.25, 0.3) is 0 Å². The van der Waals surface area contributed by atoms with Crippen LogP contribution >= 0.6 is 11.3 Å². The molecule has 0 aliphatic rings. The van der Waals surface area contributed by atoms with Crippen LogP contribution in [0, 0.1) is 5.82 Å². The molecule has 29 heavy (non-hydrogen) atoms. The Morgan fingerprint density at radius 3 is 2.69 bits per heavy atom. The number of aromatic carboxylic acids is 1. The van der Waals surface area contributed by atoms with Crippen molar-refractivity contribution in [1.29, 1.82) is 0 Å². The van der Waals surface area contributed by atoms with E-state index >= 15 is 0 Å². The summed E-state index contributed by atoms with van der Waals surface area (Å²) in [5.41, 5.74) is 10.8. The molecule has 156 valence electrons. The minimum atomic E-state index is -4.27. The van der Waals surface area contributed by atoms with Crippen LogP contribution < -0.4 is 16.2 Å². The number of carbonyl (C=O) groups is 2. The average Bonchev–Trinajstić information content (AvgIpc) is 3.08. The fourth-order valence-electron chi connectivity index (χ4n) is 2.03. The van der Waals surface area contributed by atoms with Gasteiger partial charge in [-0.3, -0.25) is 14.5 Å². The molecule has 0 spiro atoms. The number of aromatic nitrogens is 1. The highest BCUT2D eigenvalue weighted by atomic mass is 32.2. The number of ether oxygens (including phenoxy) is 1. The van der Waals surface area contributed by atoms with E-state index in [9.17, 15) is 22.4 Å². The largest absolute Gasteiger partial charge is 0.476 e. The summed E-state index contributed by atoms with van der Waals surface area (Å²) < 4.78 is 45.9. The summed E-state index contributed by atoms with van der Waals surface area (Å²) in [5, 5.41) is 8.76. The summed E-state index contributed by atoms with van der Waals surface area (Å²) >= 11 is 0.764. The Morgan fingerprint density at radius 1 is 1.34 bits per heavy atom. The van der Waals surface area contributed by atoms with Crippen LogP contribution in [0.5, 0.6) is 0 Å². The van der Waals surface area contributed by atoms with Crippen LogP contribution in [0.2, 0.25) is 0 Å². The number of hydrogen-bond acceptors (Lipinski definition) is 8. The van der Waals surface area contributed by atoms with Crippen LogP contribution in [0.1, 0.15) is 16.1 Å². The zero-order valence-electron chi connectivity index (χ0n) is 14.7. The second-order valence-electron chi connectivity index (χ2n) is 5.40. The van der Waals surface area contributed by atoms with Crippen LogP contribution in [-0.2, 0) is 26.0 Å². The first-order valence-electron chi connectivity index (χ1n) is 7.79. The second-order valence-corrected chi connectivity index (χ2v) is 7.93. The lowest BCUT2D eigenvalue weighted by molar-refractivity contribution is -0.142. The van der Waals surface area contributed by atoms with Crippen molar-refractivity contribution in [2.45, 2.75) is 11.3 Å². The van der Waals surface area contributed by atoms with Crippen molar-refractivity contribution in [3.63, 3.8) is 0 Å². The number of carboxylic acid groups (broad SMARTS) is 1. The van der Waals surface area contributed by atoms with E-state index in [0.29, 0.717) is 6.07 Å². The molecule has 0 saturated heterocycles. The summed E-state index contributed by atoms with van der Waals surface area (Å²) in [6.45, 7) is -0.0508. The Hall–Kier alpha value is -3.26. The molecule has 0 radical (unpaired) electrons. The topological polar surface area (TPSA) is 187 Å². The zero-order chi connectivity index (χ0) is 21.6. The Labute approximate surface area is 168 Å². The van der Waals surface area contributed by atoms with Crippen molar-refractivity contribution in [1.82, 2.24) is 4.98 Å². The van der Waals surface area contributed by atoms with E-state index in [1.54, 1.807) is 0 Å². The number of aliphatic imine (C=N–C) groups is 1. The zero-order valence-corrected chi connectivity index (χ0v) is 16.3. The molecule has 2 rings (SSSR count). The minimum Gasteiger partial charge on any atom is -0.476 e. The number of benzene rings is 1. The van der Waals surface area contributed by atoms with E-state index in [1.165, 1.54) is 0 Å². The second kappa shape index (κ2) is 9.29. The molecule has 0 amide bonds. The van der Waals surface area contributed by atoms with Gasteiger partial charge in [0.05, 0.1) is 23.4 Å². The van der Waals surface area contributed by atoms with Gasteiger partial charge in [-0.1, -0.05) is 6.07 Å². The molecule has 11 nitrogen and oxygen atoms in total. The van der Waals surface area contributed by atoms with E-state index in [0.717, 1.165) is 29.0 Å². The number of anilines is 1. The molecule has 0 aliphatic carbocycles. The van der Waals surface area contributed by atoms with Gasteiger partial charge in [-0.15, -0.1) is 11.3 Å². The Kier molecular flexibility index (Phi) is 7.06. The van der Waals surface area contributed by atoms with Crippen LogP contribution in [0.15, 0.2) is 33.6 Å². The fraction of sp³-hybridized carbons (Fsp3) is 0.200. The van der Waals surface area contributed by atoms with Crippen molar-refractivity contribution in [2.24, 2.45) is 16.5 Å². The molecule has 0 fully saturated rings. The van der Waals surface area contributed by atoms with Crippen LogP contribution in [0.3, 0.4) is 0 Å². The van der Waals surface area contributed by atoms with Crippen LogP contribution in [-0.4, -0.2) is 49.6 Å². The van der Waals surface area contributed by atoms with E-state index < -0.39 is 44.8 Å². The first-order chi connectivity index (χ1) is 13.6. The van der Waals surface area contributed by atoms with E-state index in [-0.39, 0.29) is 29.7 Å². The third-order valence-corrected chi connectivity index (χ3v) is 5.53. The summed E-state index contributed by atoms with van der Waals surface area (Å²) in [4.78, 5) is 29.4. The number of nitrogens with one attached hydrogen (secondary N) is 1. The van der Waals surface area contributed by atoms with E-state index in [1.807, 2.05) is 0 Å². The summed E-state index contributed by atoms with van der Waals surface area (Å²) in [6, 6.07) is 2.91. The smallest absolute Gasteiger partial charge is 0.357 e. The molecule has 0 saturated carbocycles. The highest BCUT2D eigenvalue weighted by Crippen LogP contribution is 2.25. The Morgan fingerprint density at radius 2 is 2.07 bits per heavy atom.